The molecule has 1 unspecified atom stereocenters. The van der Waals surface area contributed by atoms with Gasteiger partial charge < -0.3 is 14.8 Å². The third-order valence-electron chi connectivity index (χ3n) is 6.41. The maximum Gasteiger partial charge on any atom is 0.234 e. The van der Waals surface area contributed by atoms with Crippen LogP contribution in [-0.2, 0) is 30.6 Å². The molecule has 0 fully saturated rings. The van der Waals surface area contributed by atoms with Gasteiger partial charge in [-0.05, 0) is 79.0 Å². The molecule has 1 amide bonds. The smallest absolute Gasteiger partial charge is 0.234 e. The van der Waals surface area contributed by atoms with Crippen LogP contribution in [0.25, 0.3) is 0 Å². The van der Waals surface area contributed by atoms with Crippen LogP contribution in [0.1, 0.15) is 53.6 Å². The van der Waals surface area contributed by atoms with Gasteiger partial charge in [-0.3, -0.25) is 9.69 Å². The predicted octanol–water partition coefficient (Wildman–Crippen LogP) is 3.82. The second-order valence-corrected chi connectivity index (χ2v) is 8.46. The predicted molar refractivity (Wildman–Crippen MR) is 118 cm³/mol. The molecule has 160 valence electrons. The van der Waals surface area contributed by atoms with Crippen LogP contribution in [0.15, 0.2) is 30.3 Å². The van der Waals surface area contributed by atoms with Crippen molar-refractivity contribution in [1.82, 2.24) is 10.2 Å². The van der Waals surface area contributed by atoms with Gasteiger partial charge in [0.2, 0.25) is 5.91 Å². The third kappa shape index (κ3) is 4.46. The molecule has 5 nitrogen and oxygen atoms in total. The van der Waals surface area contributed by atoms with E-state index in [2.05, 4.69) is 41.4 Å². The molecule has 4 rings (SSSR count). The normalized spacial score (nSPS) is 16.9. The van der Waals surface area contributed by atoms with E-state index >= 15 is 0 Å². The average Bonchev–Trinajstić information content (AvgIpc) is 2.77. The highest BCUT2D eigenvalue weighted by molar-refractivity contribution is 5.78. The molecule has 0 radical (unpaired) electrons. The Kier molecular flexibility index (Phi) is 6.28. The van der Waals surface area contributed by atoms with E-state index in [4.69, 9.17) is 9.47 Å². The molecular formula is C25H32N2O3. The van der Waals surface area contributed by atoms with Gasteiger partial charge in [-0.1, -0.05) is 18.2 Å². The number of nitrogens with one attached hydrogen (secondary N) is 1. The van der Waals surface area contributed by atoms with Gasteiger partial charge in [0.1, 0.15) is 0 Å². The second-order valence-electron chi connectivity index (χ2n) is 8.46. The minimum Gasteiger partial charge on any atom is -0.493 e. The summed E-state index contributed by atoms with van der Waals surface area (Å²) in [7, 11) is 3.31. The molecule has 1 aliphatic carbocycles. The van der Waals surface area contributed by atoms with E-state index in [1.165, 1.54) is 47.1 Å². The lowest BCUT2D eigenvalue weighted by Gasteiger charge is -2.29. The number of amides is 1. The van der Waals surface area contributed by atoms with Crippen LogP contribution in [0.2, 0.25) is 0 Å². The summed E-state index contributed by atoms with van der Waals surface area (Å²) < 4.78 is 10.8. The van der Waals surface area contributed by atoms with Crippen LogP contribution in [-0.4, -0.2) is 38.1 Å². The van der Waals surface area contributed by atoms with E-state index in [1.54, 1.807) is 14.2 Å². The van der Waals surface area contributed by atoms with Crippen molar-refractivity contribution in [2.45, 2.75) is 51.6 Å². The number of ether oxygens (including phenoxy) is 2. The summed E-state index contributed by atoms with van der Waals surface area (Å²) in [6.07, 6.45) is 5.80. The van der Waals surface area contributed by atoms with E-state index in [0.717, 1.165) is 37.4 Å². The maximum absolute atomic E-state index is 12.7. The van der Waals surface area contributed by atoms with Crippen molar-refractivity contribution in [1.29, 1.82) is 0 Å². The minimum absolute atomic E-state index is 0.0196. The standard InChI is InChI=1S/C25H32N2O3/c1-17(19-9-8-18-6-4-5-7-20(18)12-19)26-25(28)16-27-11-10-21-13-23(29-2)24(30-3)14-22(21)15-27/h8-9,12-14,17H,4-7,10-11,15-16H2,1-3H3,(H,26,28). The fourth-order valence-corrected chi connectivity index (χ4v) is 4.67. The van der Waals surface area contributed by atoms with Crippen LogP contribution in [0.5, 0.6) is 11.5 Å². The number of carbonyl (C=O) groups excluding carboxylic acids is 1. The van der Waals surface area contributed by atoms with E-state index in [0.29, 0.717) is 6.54 Å². The Morgan fingerprint density at radius 3 is 2.37 bits per heavy atom. The molecule has 0 saturated carbocycles. The van der Waals surface area contributed by atoms with Crippen LogP contribution >= 0.6 is 0 Å². The fraction of sp³-hybridized carbons (Fsp3) is 0.480. The number of carbonyl (C=O) groups is 1. The van der Waals surface area contributed by atoms with Crippen molar-refractivity contribution in [3.05, 3.63) is 58.1 Å². The monoisotopic (exact) mass is 408 g/mol. The summed E-state index contributed by atoms with van der Waals surface area (Å²) in [6, 6.07) is 10.8. The molecule has 2 aliphatic rings. The van der Waals surface area contributed by atoms with Gasteiger partial charge in [0.05, 0.1) is 26.8 Å². The van der Waals surface area contributed by atoms with Crippen LogP contribution in [0, 0.1) is 0 Å². The third-order valence-corrected chi connectivity index (χ3v) is 6.41. The highest BCUT2D eigenvalue weighted by atomic mass is 16.5. The first kappa shape index (κ1) is 20.7. The molecule has 1 heterocycles. The Morgan fingerprint density at radius 1 is 0.967 bits per heavy atom. The zero-order valence-electron chi connectivity index (χ0n) is 18.3. The first-order valence-corrected chi connectivity index (χ1v) is 10.9. The van der Waals surface area contributed by atoms with Crippen molar-refractivity contribution in [3.8, 4) is 11.5 Å². The lowest BCUT2D eigenvalue weighted by atomic mass is 9.89. The minimum atomic E-state index is 0.0196. The SMILES string of the molecule is COc1cc2c(cc1OC)CN(CC(=O)NC(C)c1ccc3c(c1)CCCC3)CC2. The highest BCUT2D eigenvalue weighted by Gasteiger charge is 2.22. The van der Waals surface area contributed by atoms with E-state index in [-0.39, 0.29) is 11.9 Å². The van der Waals surface area contributed by atoms with Gasteiger partial charge in [0.15, 0.2) is 11.5 Å². The molecule has 30 heavy (non-hydrogen) atoms. The van der Waals surface area contributed by atoms with Crippen molar-refractivity contribution in [3.63, 3.8) is 0 Å². The van der Waals surface area contributed by atoms with Gasteiger partial charge in [-0.15, -0.1) is 0 Å². The van der Waals surface area contributed by atoms with Crippen LogP contribution in [0.4, 0.5) is 0 Å². The molecule has 0 saturated heterocycles. The summed E-state index contributed by atoms with van der Waals surface area (Å²) >= 11 is 0. The first-order chi connectivity index (χ1) is 14.6. The van der Waals surface area contributed by atoms with Crippen molar-refractivity contribution in [2.24, 2.45) is 0 Å². The number of hydrogen-bond acceptors (Lipinski definition) is 4. The van der Waals surface area contributed by atoms with Gasteiger partial charge in [-0.25, -0.2) is 0 Å². The Bertz CT molecular complexity index is 925. The fourth-order valence-electron chi connectivity index (χ4n) is 4.67. The number of rotatable bonds is 6. The maximum atomic E-state index is 12.7. The van der Waals surface area contributed by atoms with Crippen LogP contribution < -0.4 is 14.8 Å². The largest absolute Gasteiger partial charge is 0.493 e. The Balaban J connectivity index is 1.36. The van der Waals surface area contributed by atoms with Gasteiger partial charge in [0.25, 0.3) is 0 Å². The number of hydrogen-bond donors (Lipinski definition) is 1. The number of aryl methyl sites for hydroxylation is 2. The van der Waals surface area contributed by atoms with Crippen molar-refractivity contribution < 1.29 is 14.3 Å². The molecule has 0 bridgehead atoms. The second kappa shape index (κ2) is 9.09. The summed E-state index contributed by atoms with van der Waals surface area (Å²) in [5.41, 5.74) is 6.60. The van der Waals surface area contributed by atoms with Gasteiger partial charge in [-0.2, -0.15) is 0 Å². The molecule has 1 atom stereocenters. The molecule has 2 aromatic carbocycles. The van der Waals surface area contributed by atoms with Crippen molar-refractivity contribution in [2.75, 3.05) is 27.3 Å². The Hall–Kier alpha value is -2.53. The lowest BCUT2D eigenvalue weighted by molar-refractivity contribution is -0.123. The number of nitrogens with zero attached hydrogens (tertiary/aromatic N) is 1. The van der Waals surface area contributed by atoms with E-state index in [9.17, 15) is 4.79 Å². The molecule has 1 aliphatic heterocycles. The first-order valence-electron chi connectivity index (χ1n) is 10.9. The van der Waals surface area contributed by atoms with E-state index in [1.807, 2.05) is 6.07 Å². The number of methoxy groups -OCH3 is 2. The summed E-state index contributed by atoms with van der Waals surface area (Å²) in [4.78, 5) is 14.9. The zero-order chi connectivity index (χ0) is 21.1. The molecule has 0 spiro atoms. The molecular weight excluding hydrogens is 376 g/mol. The Morgan fingerprint density at radius 2 is 1.63 bits per heavy atom. The van der Waals surface area contributed by atoms with Crippen LogP contribution in [0.3, 0.4) is 0 Å². The summed E-state index contributed by atoms with van der Waals surface area (Å²) in [5.74, 6) is 1.58. The summed E-state index contributed by atoms with van der Waals surface area (Å²) in [5, 5.41) is 3.19. The topological polar surface area (TPSA) is 50.8 Å². The highest BCUT2D eigenvalue weighted by Crippen LogP contribution is 2.33. The van der Waals surface area contributed by atoms with Gasteiger partial charge in [0, 0.05) is 13.1 Å². The van der Waals surface area contributed by atoms with Crippen molar-refractivity contribution >= 4 is 5.91 Å². The molecule has 0 aromatic heterocycles. The number of benzene rings is 2. The van der Waals surface area contributed by atoms with Gasteiger partial charge >= 0.3 is 0 Å². The summed E-state index contributed by atoms with van der Waals surface area (Å²) in [6.45, 7) is 4.09. The quantitative estimate of drug-likeness (QED) is 0.790. The Labute approximate surface area is 179 Å². The van der Waals surface area contributed by atoms with E-state index < -0.39 is 0 Å². The molecule has 5 heteroatoms. The number of fused-ring (bicyclic) bond motifs is 2. The molecule has 2 aromatic rings. The lowest BCUT2D eigenvalue weighted by Crippen LogP contribution is -2.40. The molecule has 1 N–H and O–H groups in total. The average molecular weight is 409 g/mol. The zero-order valence-corrected chi connectivity index (χ0v) is 18.3.